The SMILES string of the molecule is CCCC[N+]1(C)CC[Si](c2ccccc2)(c2ccccc2)CC1. The van der Waals surface area contributed by atoms with E-state index >= 15 is 0 Å². The van der Waals surface area contributed by atoms with Crippen LogP contribution in [-0.2, 0) is 0 Å². The Labute approximate surface area is 142 Å². The summed E-state index contributed by atoms with van der Waals surface area (Å²) in [5, 5.41) is 3.26. The molecule has 0 spiro atoms. The maximum atomic E-state index is 2.48. The predicted octanol–water partition coefficient (Wildman–Crippen LogP) is 3.51. The average Bonchev–Trinajstić information content (AvgIpc) is 2.63. The van der Waals surface area contributed by atoms with Crippen molar-refractivity contribution < 1.29 is 4.48 Å². The minimum atomic E-state index is -1.58. The van der Waals surface area contributed by atoms with Gasteiger partial charge in [-0.15, -0.1) is 0 Å². The average molecular weight is 325 g/mol. The molecule has 122 valence electrons. The number of hydrogen-bond donors (Lipinski definition) is 0. The summed E-state index contributed by atoms with van der Waals surface area (Å²) in [5.74, 6) is 0. The molecule has 0 amide bonds. The Kier molecular flexibility index (Phi) is 5.03. The molecule has 1 aliphatic rings. The number of unbranched alkanes of at least 4 members (excludes halogenated alkanes) is 1. The minimum absolute atomic E-state index is 1.28. The van der Waals surface area contributed by atoms with Crippen LogP contribution in [0.5, 0.6) is 0 Å². The number of nitrogens with zero attached hydrogens (tertiary/aromatic N) is 1. The third-order valence-corrected chi connectivity index (χ3v) is 10.9. The lowest BCUT2D eigenvalue weighted by molar-refractivity contribution is -0.907. The van der Waals surface area contributed by atoms with Gasteiger partial charge in [0.15, 0.2) is 0 Å². The highest BCUT2D eigenvalue weighted by molar-refractivity contribution is 7.02. The van der Waals surface area contributed by atoms with Gasteiger partial charge in [-0.25, -0.2) is 0 Å². The van der Waals surface area contributed by atoms with Gasteiger partial charge in [0.2, 0.25) is 0 Å². The van der Waals surface area contributed by atoms with Crippen LogP contribution in [-0.4, -0.2) is 39.2 Å². The lowest BCUT2D eigenvalue weighted by atomic mass is 10.2. The van der Waals surface area contributed by atoms with Gasteiger partial charge in [0, 0.05) is 12.1 Å². The van der Waals surface area contributed by atoms with E-state index in [2.05, 4.69) is 74.6 Å². The molecule has 23 heavy (non-hydrogen) atoms. The van der Waals surface area contributed by atoms with Gasteiger partial charge in [0.05, 0.1) is 26.7 Å². The van der Waals surface area contributed by atoms with E-state index in [0.29, 0.717) is 0 Å². The van der Waals surface area contributed by atoms with Gasteiger partial charge < -0.3 is 4.48 Å². The van der Waals surface area contributed by atoms with Crippen LogP contribution in [0, 0.1) is 0 Å². The molecule has 1 nitrogen and oxygen atoms in total. The second-order valence-electron chi connectivity index (χ2n) is 7.46. The summed E-state index contributed by atoms with van der Waals surface area (Å²) in [5.41, 5.74) is 0. The standard InChI is InChI=1S/C21H30NSi/c1-3-4-15-22(2)16-18-23(19-17-22,20-11-7-5-8-12-20)21-13-9-6-10-14-21/h5-14H,3-4,15-19H2,1-2H3/q+1. The molecule has 0 unspecified atom stereocenters. The van der Waals surface area contributed by atoms with Crippen LogP contribution < -0.4 is 10.4 Å². The Hall–Kier alpha value is -1.38. The summed E-state index contributed by atoms with van der Waals surface area (Å²) < 4.78 is 1.28. The summed E-state index contributed by atoms with van der Waals surface area (Å²) in [6.07, 6.45) is 2.68. The van der Waals surface area contributed by atoms with Gasteiger partial charge in [0.25, 0.3) is 0 Å². The molecule has 3 rings (SSSR count). The molecule has 1 fully saturated rings. The highest BCUT2D eigenvalue weighted by Gasteiger charge is 2.44. The lowest BCUT2D eigenvalue weighted by Crippen LogP contribution is -2.66. The van der Waals surface area contributed by atoms with Crippen molar-refractivity contribution in [3.8, 4) is 0 Å². The Balaban J connectivity index is 1.91. The summed E-state index contributed by atoms with van der Waals surface area (Å²) in [6, 6.07) is 25.6. The molecule has 0 atom stereocenters. The monoisotopic (exact) mass is 324 g/mol. The maximum absolute atomic E-state index is 2.48. The molecule has 0 radical (unpaired) electrons. The molecular weight excluding hydrogens is 294 g/mol. The van der Waals surface area contributed by atoms with Crippen LogP contribution in [0.1, 0.15) is 19.8 Å². The van der Waals surface area contributed by atoms with E-state index in [9.17, 15) is 0 Å². The summed E-state index contributed by atoms with van der Waals surface area (Å²) in [4.78, 5) is 0. The largest absolute Gasteiger partial charge is 0.326 e. The van der Waals surface area contributed by atoms with E-state index in [1.165, 1.54) is 49.0 Å². The van der Waals surface area contributed by atoms with Gasteiger partial charge >= 0.3 is 0 Å². The molecule has 0 saturated carbocycles. The molecule has 0 bridgehead atoms. The Morgan fingerprint density at radius 2 is 1.30 bits per heavy atom. The van der Waals surface area contributed by atoms with Crippen molar-refractivity contribution in [2.45, 2.75) is 31.9 Å². The number of quaternary nitrogens is 1. The van der Waals surface area contributed by atoms with Crippen molar-refractivity contribution in [3.05, 3.63) is 60.7 Å². The lowest BCUT2D eigenvalue weighted by Gasteiger charge is -2.46. The third kappa shape index (κ3) is 3.43. The normalized spacial score (nSPS) is 19.4. The van der Waals surface area contributed by atoms with Crippen molar-refractivity contribution >= 4 is 18.4 Å². The third-order valence-electron chi connectivity index (χ3n) is 5.86. The molecule has 1 saturated heterocycles. The maximum Gasteiger partial charge on any atom is 0.129 e. The van der Waals surface area contributed by atoms with E-state index in [1.807, 2.05) is 0 Å². The minimum Gasteiger partial charge on any atom is -0.326 e. The van der Waals surface area contributed by atoms with Crippen LogP contribution in [0.2, 0.25) is 12.1 Å². The van der Waals surface area contributed by atoms with Crippen LogP contribution in [0.4, 0.5) is 0 Å². The Bertz CT molecular complexity index is 559. The molecule has 2 aromatic carbocycles. The smallest absolute Gasteiger partial charge is 0.129 e. The fourth-order valence-corrected chi connectivity index (χ4v) is 9.42. The quantitative estimate of drug-likeness (QED) is 0.583. The van der Waals surface area contributed by atoms with E-state index in [-0.39, 0.29) is 0 Å². The molecule has 0 aromatic heterocycles. The first-order chi connectivity index (χ1) is 11.2. The summed E-state index contributed by atoms with van der Waals surface area (Å²) in [7, 11) is 0.898. The first-order valence-corrected chi connectivity index (χ1v) is 11.5. The van der Waals surface area contributed by atoms with Crippen molar-refractivity contribution in [2.24, 2.45) is 0 Å². The van der Waals surface area contributed by atoms with E-state index in [1.54, 1.807) is 10.4 Å². The zero-order valence-corrected chi connectivity index (χ0v) is 15.7. The molecule has 0 N–H and O–H groups in total. The van der Waals surface area contributed by atoms with Crippen LogP contribution in [0.3, 0.4) is 0 Å². The zero-order valence-electron chi connectivity index (χ0n) is 14.7. The fourth-order valence-electron chi connectivity index (χ4n) is 4.18. The molecule has 2 heteroatoms. The van der Waals surface area contributed by atoms with E-state index in [4.69, 9.17) is 0 Å². The first-order valence-electron chi connectivity index (χ1n) is 9.13. The highest BCUT2D eigenvalue weighted by Crippen LogP contribution is 2.27. The Morgan fingerprint density at radius 1 is 0.826 bits per heavy atom. The van der Waals surface area contributed by atoms with Crippen molar-refractivity contribution in [1.82, 2.24) is 0 Å². The van der Waals surface area contributed by atoms with Crippen LogP contribution in [0.25, 0.3) is 0 Å². The fraction of sp³-hybridized carbons (Fsp3) is 0.429. The van der Waals surface area contributed by atoms with Gasteiger partial charge in [-0.05, 0) is 6.42 Å². The number of benzene rings is 2. The van der Waals surface area contributed by atoms with Gasteiger partial charge in [0.1, 0.15) is 8.07 Å². The van der Waals surface area contributed by atoms with Crippen molar-refractivity contribution in [2.75, 3.05) is 26.7 Å². The topological polar surface area (TPSA) is 0 Å². The highest BCUT2D eigenvalue weighted by atomic mass is 28.3. The zero-order chi connectivity index (χ0) is 16.2. The van der Waals surface area contributed by atoms with Gasteiger partial charge in [-0.3, -0.25) is 0 Å². The molecule has 1 aliphatic heterocycles. The summed E-state index contributed by atoms with van der Waals surface area (Å²) in [6.45, 7) is 6.35. The first kappa shape index (κ1) is 16.5. The Morgan fingerprint density at radius 3 is 1.74 bits per heavy atom. The van der Waals surface area contributed by atoms with Crippen molar-refractivity contribution in [1.29, 1.82) is 0 Å². The molecule has 0 aliphatic carbocycles. The van der Waals surface area contributed by atoms with Crippen LogP contribution >= 0.6 is 0 Å². The molecular formula is C21H30NSi+. The van der Waals surface area contributed by atoms with E-state index < -0.39 is 8.07 Å². The predicted molar refractivity (Wildman–Crippen MR) is 103 cm³/mol. The number of rotatable bonds is 5. The van der Waals surface area contributed by atoms with Gasteiger partial charge in [-0.1, -0.05) is 84.4 Å². The second-order valence-corrected chi connectivity index (χ2v) is 11.8. The molecule has 1 heterocycles. The number of hydrogen-bond acceptors (Lipinski definition) is 0. The summed E-state index contributed by atoms with van der Waals surface area (Å²) >= 11 is 0. The van der Waals surface area contributed by atoms with Crippen LogP contribution in [0.15, 0.2) is 60.7 Å². The van der Waals surface area contributed by atoms with Gasteiger partial charge in [-0.2, -0.15) is 0 Å². The van der Waals surface area contributed by atoms with E-state index in [0.717, 1.165) is 0 Å². The second kappa shape index (κ2) is 7.02. The van der Waals surface area contributed by atoms with Crippen molar-refractivity contribution in [3.63, 3.8) is 0 Å². The molecule has 2 aromatic rings.